The van der Waals surface area contributed by atoms with E-state index in [0.717, 1.165) is 25.1 Å². The molecular formula is C17H27N3O. The van der Waals surface area contributed by atoms with E-state index < -0.39 is 0 Å². The van der Waals surface area contributed by atoms with Crippen molar-refractivity contribution in [3.63, 3.8) is 0 Å². The second kappa shape index (κ2) is 8.15. The van der Waals surface area contributed by atoms with E-state index in [-0.39, 0.29) is 5.91 Å². The van der Waals surface area contributed by atoms with Crippen LogP contribution in [0.4, 0.5) is 0 Å². The van der Waals surface area contributed by atoms with Crippen LogP contribution in [0.1, 0.15) is 35.7 Å². The van der Waals surface area contributed by atoms with Crippen LogP contribution in [0.15, 0.2) is 24.3 Å². The largest absolute Gasteiger partial charge is 0.352 e. The van der Waals surface area contributed by atoms with Crippen LogP contribution in [0.3, 0.4) is 0 Å². The van der Waals surface area contributed by atoms with Crippen LogP contribution in [0.5, 0.6) is 0 Å². The summed E-state index contributed by atoms with van der Waals surface area (Å²) in [5.41, 5.74) is 7.43. The van der Waals surface area contributed by atoms with Crippen molar-refractivity contribution in [2.75, 3.05) is 32.7 Å². The van der Waals surface area contributed by atoms with E-state index in [1.165, 1.54) is 31.5 Å². The normalized spacial score (nSPS) is 16.9. The molecule has 2 rings (SSSR count). The number of rotatable bonds is 7. The van der Waals surface area contributed by atoms with E-state index in [1.54, 1.807) is 0 Å². The summed E-state index contributed by atoms with van der Waals surface area (Å²) in [6, 6.07) is 7.72. The molecule has 1 amide bonds. The average Bonchev–Trinajstić information content (AvgIpc) is 2.99. The number of hydrogen-bond donors (Lipinski definition) is 2. The van der Waals surface area contributed by atoms with Crippen molar-refractivity contribution in [3.05, 3.63) is 35.4 Å². The molecule has 0 bridgehead atoms. The Balaban J connectivity index is 1.75. The first kappa shape index (κ1) is 16.0. The quantitative estimate of drug-likeness (QED) is 0.802. The Morgan fingerprint density at radius 1 is 1.29 bits per heavy atom. The van der Waals surface area contributed by atoms with Gasteiger partial charge in [-0.15, -0.1) is 0 Å². The molecule has 0 aliphatic carbocycles. The number of carbonyl (C=O) groups excluding carboxylic acids is 1. The van der Waals surface area contributed by atoms with Gasteiger partial charge in [-0.2, -0.15) is 0 Å². The van der Waals surface area contributed by atoms with E-state index in [2.05, 4.69) is 17.1 Å². The third-order valence-electron chi connectivity index (χ3n) is 4.03. The SMILES string of the molecule is CC(CNC(=O)c1ccc(CCN)cc1)CN1CCCC1. The van der Waals surface area contributed by atoms with Gasteiger partial charge in [0, 0.05) is 18.7 Å². The highest BCUT2D eigenvalue weighted by Gasteiger charge is 2.15. The van der Waals surface area contributed by atoms with Gasteiger partial charge in [-0.1, -0.05) is 19.1 Å². The number of carbonyl (C=O) groups is 1. The molecule has 4 nitrogen and oxygen atoms in total. The van der Waals surface area contributed by atoms with Crippen molar-refractivity contribution in [3.8, 4) is 0 Å². The summed E-state index contributed by atoms with van der Waals surface area (Å²) < 4.78 is 0. The van der Waals surface area contributed by atoms with Crippen molar-refractivity contribution < 1.29 is 4.79 Å². The Hall–Kier alpha value is -1.39. The van der Waals surface area contributed by atoms with Gasteiger partial charge in [0.25, 0.3) is 5.91 Å². The Bertz CT molecular complexity index is 438. The molecule has 0 spiro atoms. The first-order valence-electron chi connectivity index (χ1n) is 7.98. The maximum absolute atomic E-state index is 12.1. The number of amides is 1. The molecule has 1 aliphatic rings. The zero-order valence-corrected chi connectivity index (χ0v) is 13.0. The summed E-state index contributed by atoms with van der Waals surface area (Å²) in [7, 11) is 0. The summed E-state index contributed by atoms with van der Waals surface area (Å²) in [5.74, 6) is 0.506. The van der Waals surface area contributed by atoms with Gasteiger partial charge in [0.1, 0.15) is 0 Å². The highest BCUT2D eigenvalue weighted by atomic mass is 16.1. The van der Waals surface area contributed by atoms with Crippen LogP contribution in [0.25, 0.3) is 0 Å². The van der Waals surface area contributed by atoms with Crippen molar-refractivity contribution in [1.29, 1.82) is 0 Å². The van der Waals surface area contributed by atoms with Crippen molar-refractivity contribution in [2.45, 2.75) is 26.2 Å². The molecular weight excluding hydrogens is 262 g/mol. The lowest BCUT2D eigenvalue weighted by Gasteiger charge is -2.20. The summed E-state index contributed by atoms with van der Waals surface area (Å²) in [4.78, 5) is 14.6. The van der Waals surface area contributed by atoms with E-state index in [9.17, 15) is 4.79 Å². The Morgan fingerprint density at radius 3 is 2.57 bits per heavy atom. The van der Waals surface area contributed by atoms with Crippen LogP contribution in [-0.2, 0) is 6.42 Å². The predicted octanol–water partition coefficient (Wildman–Crippen LogP) is 1.65. The van der Waals surface area contributed by atoms with Crippen LogP contribution in [-0.4, -0.2) is 43.5 Å². The van der Waals surface area contributed by atoms with Crippen LogP contribution < -0.4 is 11.1 Å². The van der Waals surface area contributed by atoms with Crippen LogP contribution >= 0.6 is 0 Å². The smallest absolute Gasteiger partial charge is 0.251 e. The lowest BCUT2D eigenvalue weighted by atomic mass is 10.1. The zero-order valence-electron chi connectivity index (χ0n) is 13.0. The summed E-state index contributed by atoms with van der Waals surface area (Å²) in [5, 5.41) is 3.03. The molecule has 116 valence electrons. The average molecular weight is 289 g/mol. The second-order valence-electron chi connectivity index (χ2n) is 6.06. The summed E-state index contributed by atoms with van der Waals surface area (Å²) in [6.07, 6.45) is 3.48. The van der Waals surface area contributed by atoms with Crippen LogP contribution in [0.2, 0.25) is 0 Å². The highest BCUT2D eigenvalue weighted by Crippen LogP contribution is 2.10. The molecule has 1 saturated heterocycles. The molecule has 0 saturated carbocycles. The fourth-order valence-electron chi connectivity index (χ4n) is 2.83. The lowest BCUT2D eigenvalue weighted by Crippen LogP contribution is -2.34. The molecule has 1 aromatic carbocycles. The van der Waals surface area contributed by atoms with Gasteiger partial charge in [0.2, 0.25) is 0 Å². The number of likely N-dealkylation sites (tertiary alicyclic amines) is 1. The Labute approximate surface area is 127 Å². The van der Waals surface area contributed by atoms with Crippen molar-refractivity contribution in [1.82, 2.24) is 10.2 Å². The van der Waals surface area contributed by atoms with Crippen molar-refractivity contribution in [2.24, 2.45) is 11.7 Å². The number of benzene rings is 1. The molecule has 1 fully saturated rings. The first-order valence-corrected chi connectivity index (χ1v) is 7.98. The second-order valence-corrected chi connectivity index (χ2v) is 6.06. The third-order valence-corrected chi connectivity index (χ3v) is 4.03. The Kier molecular flexibility index (Phi) is 6.21. The van der Waals surface area contributed by atoms with E-state index in [0.29, 0.717) is 12.5 Å². The minimum Gasteiger partial charge on any atom is -0.352 e. The highest BCUT2D eigenvalue weighted by molar-refractivity contribution is 5.94. The van der Waals surface area contributed by atoms with Gasteiger partial charge in [-0.25, -0.2) is 0 Å². The Morgan fingerprint density at radius 2 is 1.95 bits per heavy atom. The molecule has 0 radical (unpaired) electrons. The molecule has 21 heavy (non-hydrogen) atoms. The maximum atomic E-state index is 12.1. The molecule has 1 aliphatic heterocycles. The molecule has 1 atom stereocenters. The topological polar surface area (TPSA) is 58.4 Å². The maximum Gasteiger partial charge on any atom is 0.251 e. The first-order chi connectivity index (χ1) is 10.2. The number of nitrogens with two attached hydrogens (primary N) is 1. The third kappa shape index (κ3) is 5.14. The number of nitrogens with one attached hydrogen (secondary N) is 1. The van der Waals surface area contributed by atoms with Crippen molar-refractivity contribution >= 4 is 5.91 Å². The molecule has 3 N–H and O–H groups in total. The van der Waals surface area contributed by atoms with Gasteiger partial charge in [-0.05, 0) is 62.5 Å². The van der Waals surface area contributed by atoms with E-state index >= 15 is 0 Å². The molecule has 0 aromatic heterocycles. The fraction of sp³-hybridized carbons (Fsp3) is 0.588. The minimum atomic E-state index is 0.0163. The summed E-state index contributed by atoms with van der Waals surface area (Å²) >= 11 is 0. The molecule has 1 heterocycles. The molecule has 1 aromatic rings. The van der Waals surface area contributed by atoms with Gasteiger partial charge in [0.15, 0.2) is 0 Å². The van der Waals surface area contributed by atoms with Gasteiger partial charge >= 0.3 is 0 Å². The minimum absolute atomic E-state index is 0.0163. The fourth-order valence-corrected chi connectivity index (χ4v) is 2.83. The lowest BCUT2D eigenvalue weighted by molar-refractivity contribution is 0.0945. The monoisotopic (exact) mass is 289 g/mol. The van der Waals surface area contributed by atoms with Gasteiger partial charge in [0.05, 0.1) is 0 Å². The number of nitrogens with zero attached hydrogens (tertiary/aromatic N) is 1. The molecule has 1 unspecified atom stereocenters. The number of hydrogen-bond acceptors (Lipinski definition) is 3. The molecule has 4 heteroatoms. The van der Waals surface area contributed by atoms with Gasteiger partial charge in [-0.3, -0.25) is 4.79 Å². The predicted molar refractivity (Wildman–Crippen MR) is 86.4 cm³/mol. The standard InChI is InChI=1S/C17H27N3O/c1-14(13-20-10-2-3-11-20)12-19-17(21)16-6-4-15(5-7-16)8-9-18/h4-7,14H,2-3,8-13,18H2,1H3,(H,19,21). The van der Waals surface area contributed by atoms with E-state index in [4.69, 9.17) is 5.73 Å². The van der Waals surface area contributed by atoms with Crippen LogP contribution in [0, 0.1) is 5.92 Å². The summed E-state index contributed by atoms with van der Waals surface area (Å²) in [6.45, 7) is 7.07. The van der Waals surface area contributed by atoms with E-state index in [1.807, 2.05) is 24.3 Å². The van der Waals surface area contributed by atoms with Gasteiger partial charge < -0.3 is 16.0 Å². The zero-order chi connectivity index (χ0) is 15.1.